The van der Waals surface area contributed by atoms with E-state index in [1.54, 1.807) is 4.90 Å². The Hall–Kier alpha value is -2.43. The molecule has 0 aromatic carbocycles. The minimum atomic E-state index is -4.67. The minimum absolute atomic E-state index is 0.00657. The van der Waals surface area contributed by atoms with Gasteiger partial charge in [-0.05, 0) is 18.6 Å². The largest absolute Gasteiger partial charge is 0.453 e. The van der Waals surface area contributed by atoms with Gasteiger partial charge in [-0.1, -0.05) is 0 Å². The van der Waals surface area contributed by atoms with Crippen molar-refractivity contribution in [2.24, 2.45) is 0 Å². The quantitative estimate of drug-likeness (QED) is 0.822. The van der Waals surface area contributed by atoms with Crippen molar-refractivity contribution in [1.29, 1.82) is 0 Å². The molecule has 0 radical (unpaired) electrons. The number of fused-ring (bicyclic) bond motifs is 1. The fourth-order valence-electron chi connectivity index (χ4n) is 2.50. The van der Waals surface area contributed by atoms with Crippen molar-refractivity contribution in [1.82, 2.24) is 24.7 Å². The number of halogens is 3. The lowest BCUT2D eigenvalue weighted by Gasteiger charge is -2.20. The molecule has 3 rings (SSSR count). The van der Waals surface area contributed by atoms with Gasteiger partial charge in [-0.3, -0.25) is 4.79 Å². The Morgan fingerprint density at radius 1 is 1.33 bits per heavy atom. The van der Waals surface area contributed by atoms with E-state index in [0.29, 0.717) is 17.5 Å². The van der Waals surface area contributed by atoms with Crippen molar-refractivity contribution in [2.75, 3.05) is 25.0 Å². The van der Waals surface area contributed by atoms with Crippen LogP contribution in [0.25, 0.3) is 5.65 Å². The second kappa shape index (κ2) is 6.23. The molecular formula is C13H15F3N6O2. The maximum absolute atomic E-state index is 12.8. The summed E-state index contributed by atoms with van der Waals surface area (Å²) in [6.07, 6.45) is -4.27. The molecule has 130 valence electrons. The third-order valence-corrected chi connectivity index (χ3v) is 3.64. The summed E-state index contributed by atoms with van der Waals surface area (Å²) in [5.74, 6) is -1.09. The molecule has 1 saturated heterocycles. The van der Waals surface area contributed by atoms with E-state index >= 15 is 0 Å². The topological polar surface area (TPSA) is 95.7 Å². The zero-order chi connectivity index (χ0) is 17.3. The third-order valence-electron chi connectivity index (χ3n) is 3.64. The zero-order valence-electron chi connectivity index (χ0n) is 12.5. The van der Waals surface area contributed by atoms with Gasteiger partial charge in [0.2, 0.25) is 5.91 Å². The molecule has 1 atom stereocenters. The standard InChI is InChI=1S/C13H15F3N6O2/c14-13(15,16)12-19-18-10-4-3-9(20-22(10)12)17-6-8(23)7-21-5-1-2-11(21)24/h3-4,8,23H,1-2,5-7H2,(H,17,20)/t8-/m1/s1. The van der Waals surface area contributed by atoms with Gasteiger partial charge in [-0.15, -0.1) is 15.3 Å². The summed E-state index contributed by atoms with van der Waals surface area (Å²) in [6.45, 7) is 0.829. The van der Waals surface area contributed by atoms with Crippen LogP contribution in [-0.2, 0) is 11.0 Å². The monoisotopic (exact) mass is 344 g/mol. The van der Waals surface area contributed by atoms with E-state index in [1.807, 2.05) is 0 Å². The van der Waals surface area contributed by atoms with E-state index in [9.17, 15) is 23.1 Å². The van der Waals surface area contributed by atoms with Gasteiger partial charge in [-0.25, -0.2) is 0 Å². The number of rotatable bonds is 5. The van der Waals surface area contributed by atoms with Gasteiger partial charge in [0, 0.05) is 26.1 Å². The van der Waals surface area contributed by atoms with Gasteiger partial charge in [0.1, 0.15) is 5.82 Å². The molecule has 24 heavy (non-hydrogen) atoms. The second-order valence-electron chi connectivity index (χ2n) is 5.49. The molecule has 1 fully saturated rings. The molecule has 0 unspecified atom stereocenters. The lowest BCUT2D eigenvalue weighted by Crippen LogP contribution is -2.36. The first kappa shape index (κ1) is 16.4. The van der Waals surface area contributed by atoms with Crippen molar-refractivity contribution in [3.8, 4) is 0 Å². The molecule has 0 saturated carbocycles. The highest BCUT2D eigenvalue weighted by Gasteiger charge is 2.37. The van der Waals surface area contributed by atoms with Crippen LogP contribution in [0.1, 0.15) is 18.7 Å². The highest BCUT2D eigenvalue weighted by molar-refractivity contribution is 5.78. The normalized spacial score (nSPS) is 16.8. The Morgan fingerprint density at radius 3 is 2.79 bits per heavy atom. The smallest absolute Gasteiger partial charge is 0.389 e. The van der Waals surface area contributed by atoms with Crippen LogP contribution >= 0.6 is 0 Å². The number of nitrogens with zero attached hydrogens (tertiary/aromatic N) is 5. The molecule has 2 aromatic rings. The molecular weight excluding hydrogens is 329 g/mol. The van der Waals surface area contributed by atoms with Gasteiger partial charge < -0.3 is 15.3 Å². The number of β-amino-alcohol motifs (C(OH)–C–C–N with tert-alkyl or cyclic N) is 1. The molecule has 1 aliphatic rings. The average molecular weight is 344 g/mol. The molecule has 11 heteroatoms. The SMILES string of the molecule is O=C1CCCN1C[C@H](O)CNc1ccc2nnc(C(F)(F)F)n2n1. The lowest BCUT2D eigenvalue weighted by molar-refractivity contribution is -0.146. The number of amides is 1. The summed E-state index contributed by atoms with van der Waals surface area (Å²) in [6, 6.07) is 2.78. The van der Waals surface area contributed by atoms with Crippen molar-refractivity contribution >= 4 is 17.4 Å². The Labute approximate surface area is 134 Å². The van der Waals surface area contributed by atoms with Gasteiger partial charge in [0.25, 0.3) is 5.82 Å². The number of hydrogen-bond acceptors (Lipinski definition) is 6. The minimum Gasteiger partial charge on any atom is -0.389 e. The molecule has 1 aliphatic heterocycles. The van der Waals surface area contributed by atoms with Crippen LogP contribution in [-0.4, -0.2) is 61.5 Å². The van der Waals surface area contributed by atoms with Crippen LogP contribution in [0.3, 0.4) is 0 Å². The molecule has 3 heterocycles. The number of aromatic nitrogens is 4. The van der Waals surface area contributed by atoms with E-state index in [0.717, 1.165) is 6.42 Å². The molecule has 8 nitrogen and oxygen atoms in total. The molecule has 1 amide bonds. The predicted molar refractivity (Wildman–Crippen MR) is 76.1 cm³/mol. The van der Waals surface area contributed by atoms with Crippen molar-refractivity contribution in [2.45, 2.75) is 25.1 Å². The van der Waals surface area contributed by atoms with Crippen molar-refractivity contribution in [3.05, 3.63) is 18.0 Å². The summed E-state index contributed by atoms with van der Waals surface area (Å²) in [4.78, 5) is 13.1. The molecule has 0 aliphatic carbocycles. The van der Waals surface area contributed by atoms with Crippen molar-refractivity contribution in [3.63, 3.8) is 0 Å². The summed E-state index contributed by atoms with van der Waals surface area (Å²) in [5, 5.41) is 23.0. The van der Waals surface area contributed by atoms with E-state index in [4.69, 9.17) is 0 Å². The lowest BCUT2D eigenvalue weighted by atomic mass is 10.3. The number of alkyl halides is 3. The fraction of sp³-hybridized carbons (Fsp3) is 0.538. The van der Waals surface area contributed by atoms with Crippen LogP contribution in [0, 0.1) is 0 Å². The Bertz CT molecular complexity index is 747. The van der Waals surface area contributed by atoms with Crippen molar-refractivity contribution < 1.29 is 23.1 Å². The molecule has 0 spiro atoms. The summed E-state index contributed by atoms with van der Waals surface area (Å²) >= 11 is 0. The predicted octanol–water partition coefficient (Wildman–Crippen LogP) is 0.538. The van der Waals surface area contributed by atoms with E-state index in [1.165, 1.54) is 12.1 Å². The maximum atomic E-state index is 12.8. The Balaban J connectivity index is 1.65. The Morgan fingerprint density at radius 2 is 2.12 bits per heavy atom. The zero-order valence-corrected chi connectivity index (χ0v) is 12.5. The van der Waals surface area contributed by atoms with Gasteiger partial charge in [0.15, 0.2) is 5.65 Å². The molecule has 2 N–H and O–H groups in total. The summed E-state index contributed by atoms with van der Waals surface area (Å²) in [7, 11) is 0. The number of hydrogen-bond donors (Lipinski definition) is 2. The number of aliphatic hydroxyl groups excluding tert-OH is 1. The fourth-order valence-corrected chi connectivity index (χ4v) is 2.50. The van der Waals surface area contributed by atoms with Crippen LogP contribution < -0.4 is 5.32 Å². The van der Waals surface area contributed by atoms with Gasteiger partial charge >= 0.3 is 6.18 Å². The first-order chi connectivity index (χ1) is 11.3. The van der Waals surface area contributed by atoms with Gasteiger partial charge in [0.05, 0.1) is 6.10 Å². The number of likely N-dealkylation sites (tertiary alicyclic amines) is 1. The van der Waals surface area contributed by atoms with Crippen LogP contribution in [0.5, 0.6) is 0 Å². The summed E-state index contributed by atoms with van der Waals surface area (Å²) in [5.41, 5.74) is -0.0314. The second-order valence-corrected chi connectivity index (χ2v) is 5.49. The van der Waals surface area contributed by atoms with E-state index in [2.05, 4.69) is 20.6 Å². The molecule has 0 bridgehead atoms. The number of anilines is 1. The summed E-state index contributed by atoms with van der Waals surface area (Å²) < 4.78 is 39.0. The first-order valence-electron chi connectivity index (χ1n) is 7.34. The number of nitrogens with one attached hydrogen (secondary N) is 1. The number of carbonyl (C=O) groups is 1. The maximum Gasteiger partial charge on any atom is 0.453 e. The van der Waals surface area contributed by atoms with Gasteiger partial charge in [-0.2, -0.15) is 17.7 Å². The number of carbonyl (C=O) groups excluding carboxylic acids is 1. The van der Waals surface area contributed by atoms with Crippen LogP contribution in [0.15, 0.2) is 12.1 Å². The van der Waals surface area contributed by atoms with Crippen LogP contribution in [0.4, 0.5) is 19.0 Å². The Kier molecular flexibility index (Phi) is 4.26. The first-order valence-corrected chi connectivity index (χ1v) is 7.34. The van der Waals surface area contributed by atoms with E-state index < -0.39 is 18.1 Å². The van der Waals surface area contributed by atoms with E-state index in [-0.39, 0.29) is 30.5 Å². The molecule has 2 aromatic heterocycles. The highest BCUT2D eigenvalue weighted by atomic mass is 19.4. The average Bonchev–Trinajstić information content (AvgIpc) is 3.11. The highest BCUT2D eigenvalue weighted by Crippen LogP contribution is 2.27. The van der Waals surface area contributed by atoms with Crippen LogP contribution in [0.2, 0.25) is 0 Å². The third kappa shape index (κ3) is 3.40. The number of aliphatic hydroxyl groups is 1.